The second-order valence-electron chi connectivity index (χ2n) is 5.87. The van der Waals surface area contributed by atoms with Crippen LogP contribution in [0.5, 0.6) is 0 Å². The Bertz CT molecular complexity index is 453. The second-order valence-corrected chi connectivity index (χ2v) is 7.41. The lowest BCUT2D eigenvalue weighted by atomic mass is 10.1. The molecule has 0 bridgehead atoms. The predicted molar refractivity (Wildman–Crippen MR) is 82.9 cm³/mol. The third-order valence-corrected chi connectivity index (χ3v) is 5.58. The van der Waals surface area contributed by atoms with Crippen molar-refractivity contribution in [3.05, 3.63) is 30.3 Å². The Morgan fingerprint density at radius 1 is 1.35 bits per heavy atom. The summed E-state index contributed by atoms with van der Waals surface area (Å²) in [4.78, 5) is 13.3. The van der Waals surface area contributed by atoms with Gasteiger partial charge in [0.15, 0.2) is 0 Å². The number of amides is 1. The minimum Gasteiger partial charge on any atom is -0.355 e. The molecule has 2 fully saturated rings. The molecule has 1 amide bonds. The average Bonchev–Trinajstić information content (AvgIpc) is 3.03. The molecule has 1 aliphatic heterocycles. The lowest BCUT2D eigenvalue weighted by Gasteiger charge is -2.17. The molecule has 108 valence electrons. The van der Waals surface area contributed by atoms with Gasteiger partial charge in [-0.3, -0.25) is 4.79 Å². The van der Waals surface area contributed by atoms with Crippen LogP contribution in [0.2, 0.25) is 0 Å². The first kappa shape index (κ1) is 14.0. The minimum atomic E-state index is 0.198. The molecule has 1 unspecified atom stereocenters. The van der Waals surface area contributed by atoms with Crippen LogP contribution < -0.4 is 10.6 Å². The lowest BCUT2D eigenvalue weighted by Crippen LogP contribution is -2.36. The number of hydrogen-bond donors (Lipinski definition) is 2. The Labute approximate surface area is 124 Å². The third-order valence-electron chi connectivity index (χ3n) is 4.09. The number of carbonyl (C=O) groups is 1. The van der Waals surface area contributed by atoms with Crippen molar-refractivity contribution in [1.82, 2.24) is 10.6 Å². The molecule has 1 aliphatic carbocycles. The maximum atomic E-state index is 12.0. The number of thioether (sulfide) groups is 1. The van der Waals surface area contributed by atoms with Crippen LogP contribution in [0.15, 0.2) is 35.2 Å². The fraction of sp³-hybridized carbons (Fsp3) is 0.562. The van der Waals surface area contributed by atoms with Crippen molar-refractivity contribution in [3.8, 4) is 0 Å². The number of benzene rings is 1. The van der Waals surface area contributed by atoms with Gasteiger partial charge in [-0.25, -0.2) is 0 Å². The SMILES string of the molecule is O=C(CC1CCCN1)NCC1(Sc2ccccc2)CC1. The standard InChI is InChI=1S/C16H22N2OS/c19-15(11-13-5-4-10-17-13)18-12-16(8-9-16)20-14-6-2-1-3-7-14/h1-3,6-7,13,17H,4-5,8-12H2,(H,18,19). The van der Waals surface area contributed by atoms with Crippen molar-refractivity contribution in [1.29, 1.82) is 0 Å². The topological polar surface area (TPSA) is 41.1 Å². The molecular formula is C16H22N2OS. The van der Waals surface area contributed by atoms with Crippen molar-refractivity contribution in [2.24, 2.45) is 0 Å². The summed E-state index contributed by atoms with van der Waals surface area (Å²) in [6.07, 6.45) is 5.37. The van der Waals surface area contributed by atoms with Crippen molar-refractivity contribution in [2.45, 2.75) is 47.8 Å². The Hall–Kier alpha value is -1.00. The molecule has 1 heterocycles. The number of carbonyl (C=O) groups excluding carboxylic acids is 1. The van der Waals surface area contributed by atoms with Gasteiger partial charge < -0.3 is 10.6 Å². The molecule has 3 nitrogen and oxygen atoms in total. The highest BCUT2D eigenvalue weighted by Gasteiger charge is 2.43. The third kappa shape index (κ3) is 3.76. The first-order valence-corrected chi connectivity index (χ1v) is 8.32. The van der Waals surface area contributed by atoms with Gasteiger partial charge >= 0.3 is 0 Å². The van der Waals surface area contributed by atoms with E-state index >= 15 is 0 Å². The first-order chi connectivity index (χ1) is 9.76. The van der Waals surface area contributed by atoms with Crippen LogP contribution in [0.4, 0.5) is 0 Å². The fourth-order valence-corrected chi connectivity index (χ4v) is 3.92. The molecule has 1 aromatic carbocycles. The van der Waals surface area contributed by atoms with Crippen molar-refractivity contribution in [2.75, 3.05) is 13.1 Å². The van der Waals surface area contributed by atoms with Crippen LogP contribution in [0.1, 0.15) is 32.1 Å². The van der Waals surface area contributed by atoms with E-state index in [1.165, 1.54) is 24.2 Å². The number of nitrogens with one attached hydrogen (secondary N) is 2. The molecule has 0 spiro atoms. The van der Waals surface area contributed by atoms with Crippen LogP contribution in [0.3, 0.4) is 0 Å². The van der Waals surface area contributed by atoms with Gasteiger partial charge in [0, 0.05) is 28.6 Å². The van der Waals surface area contributed by atoms with E-state index in [0.29, 0.717) is 12.5 Å². The van der Waals surface area contributed by atoms with Gasteiger partial charge in [0.2, 0.25) is 5.91 Å². The molecule has 2 N–H and O–H groups in total. The van der Waals surface area contributed by atoms with E-state index in [9.17, 15) is 4.79 Å². The maximum Gasteiger partial charge on any atom is 0.221 e. The highest BCUT2D eigenvalue weighted by atomic mass is 32.2. The van der Waals surface area contributed by atoms with Gasteiger partial charge in [-0.1, -0.05) is 18.2 Å². The Morgan fingerprint density at radius 2 is 2.15 bits per heavy atom. The predicted octanol–water partition coefficient (Wildman–Crippen LogP) is 2.57. The molecule has 0 aromatic heterocycles. The molecule has 1 saturated carbocycles. The molecule has 3 rings (SSSR count). The molecule has 2 aliphatic rings. The average molecular weight is 290 g/mol. The summed E-state index contributed by atoms with van der Waals surface area (Å²) in [7, 11) is 0. The lowest BCUT2D eigenvalue weighted by molar-refractivity contribution is -0.121. The van der Waals surface area contributed by atoms with E-state index in [4.69, 9.17) is 0 Å². The Kier molecular flexibility index (Phi) is 4.32. The zero-order chi connectivity index (χ0) is 13.8. The van der Waals surface area contributed by atoms with E-state index in [2.05, 4.69) is 34.9 Å². The van der Waals surface area contributed by atoms with Gasteiger partial charge in [-0.15, -0.1) is 11.8 Å². The molecule has 4 heteroatoms. The Balaban J connectivity index is 1.44. The number of rotatable bonds is 6. The van der Waals surface area contributed by atoms with E-state index in [0.717, 1.165) is 19.5 Å². The monoisotopic (exact) mass is 290 g/mol. The van der Waals surface area contributed by atoms with E-state index in [1.54, 1.807) is 0 Å². The van der Waals surface area contributed by atoms with Crippen LogP contribution in [-0.4, -0.2) is 29.8 Å². The van der Waals surface area contributed by atoms with Crippen LogP contribution in [-0.2, 0) is 4.79 Å². The van der Waals surface area contributed by atoms with Gasteiger partial charge in [0.05, 0.1) is 0 Å². The second kappa shape index (κ2) is 6.19. The Morgan fingerprint density at radius 3 is 2.80 bits per heavy atom. The maximum absolute atomic E-state index is 12.0. The molecule has 0 radical (unpaired) electrons. The summed E-state index contributed by atoms with van der Waals surface area (Å²) in [5.74, 6) is 0.198. The van der Waals surface area contributed by atoms with E-state index < -0.39 is 0 Å². The quantitative estimate of drug-likeness (QED) is 0.846. The van der Waals surface area contributed by atoms with Gasteiger partial charge in [0.25, 0.3) is 0 Å². The van der Waals surface area contributed by atoms with Crippen molar-refractivity contribution >= 4 is 17.7 Å². The normalized spacial score (nSPS) is 23.5. The van der Waals surface area contributed by atoms with E-state index in [-0.39, 0.29) is 10.7 Å². The smallest absolute Gasteiger partial charge is 0.221 e. The zero-order valence-electron chi connectivity index (χ0n) is 11.7. The summed E-state index contributed by atoms with van der Waals surface area (Å²) < 4.78 is 0.250. The fourth-order valence-electron chi connectivity index (χ4n) is 2.68. The summed E-state index contributed by atoms with van der Waals surface area (Å²) >= 11 is 1.91. The molecule has 1 saturated heterocycles. The summed E-state index contributed by atoms with van der Waals surface area (Å²) in [6, 6.07) is 10.9. The number of hydrogen-bond acceptors (Lipinski definition) is 3. The van der Waals surface area contributed by atoms with Crippen molar-refractivity contribution in [3.63, 3.8) is 0 Å². The molecule has 1 aromatic rings. The van der Waals surface area contributed by atoms with Gasteiger partial charge in [-0.2, -0.15) is 0 Å². The summed E-state index contributed by atoms with van der Waals surface area (Å²) in [5.41, 5.74) is 0. The largest absolute Gasteiger partial charge is 0.355 e. The highest BCUT2D eigenvalue weighted by Crippen LogP contribution is 2.51. The van der Waals surface area contributed by atoms with Crippen LogP contribution >= 0.6 is 11.8 Å². The summed E-state index contributed by atoms with van der Waals surface area (Å²) in [5, 5.41) is 6.51. The minimum absolute atomic E-state index is 0.198. The molecule has 1 atom stereocenters. The van der Waals surface area contributed by atoms with Gasteiger partial charge in [-0.05, 0) is 44.4 Å². The highest BCUT2D eigenvalue weighted by molar-refractivity contribution is 8.01. The van der Waals surface area contributed by atoms with Crippen LogP contribution in [0.25, 0.3) is 0 Å². The van der Waals surface area contributed by atoms with Crippen LogP contribution in [0, 0.1) is 0 Å². The van der Waals surface area contributed by atoms with E-state index in [1.807, 2.05) is 17.8 Å². The first-order valence-electron chi connectivity index (χ1n) is 7.50. The molecular weight excluding hydrogens is 268 g/mol. The molecule has 20 heavy (non-hydrogen) atoms. The zero-order valence-corrected chi connectivity index (χ0v) is 12.5. The van der Waals surface area contributed by atoms with Crippen molar-refractivity contribution < 1.29 is 4.79 Å². The summed E-state index contributed by atoms with van der Waals surface area (Å²) in [6.45, 7) is 1.86. The van der Waals surface area contributed by atoms with Gasteiger partial charge in [0.1, 0.15) is 0 Å².